The lowest BCUT2D eigenvalue weighted by Gasteiger charge is -2.26. The van der Waals surface area contributed by atoms with Crippen molar-refractivity contribution >= 4 is 9.84 Å². The van der Waals surface area contributed by atoms with Crippen LogP contribution in [0.4, 0.5) is 0 Å². The van der Waals surface area contributed by atoms with Crippen LogP contribution in [-0.4, -0.2) is 48.8 Å². The normalized spacial score (nSPS) is 18.4. The smallest absolute Gasteiger partial charge is 0.181 e. The summed E-state index contributed by atoms with van der Waals surface area (Å²) in [6, 6.07) is 14.8. The number of rotatable bonds is 6. The van der Waals surface area contributed by atoms with Gasteiger partial charge in [0.15, 0.2) is 27.2 Å². The van der Waals surface area contributed by atoms with E-state index in [0.717, 1.165) is 43.0 Å². The molecule has 3 heterocycles. The molecular weight excluding hydrogens is 438 g/mol. The largest absolute Gasteiger partial charge is 0.486 e. The van der Waals surface area contributed by atoms with Gasteiger partial charge in [-0.3, -0.25) is 4.90 Å². The molecule has 0 saturated carbocycles. The van der Waals surface area contributed by atoms with Crippen molar-refractivity contribution in [3.63, 3.8) is 0 Å². The predicted octanol–water partition coefficient (Wildman–Crippen LogP) is 4.05. The van der Waals surface area contributed by atoms with E-state index in [-0.39, 0.29) is 10.6 Å². The third kappa shape index (κ3) is 4.58. The Labute approximate surface area is 194 Å². The highest BCUT2D eigenvalue weighted by Crippen LogP contribution is 2.38. The number of fused-ring (bicyclic) bond motifs is 1. The van der Waals surface area contributed by atoms with Gasteiger partial charge in [0.25, 0.3) is 0 Å². The summed E-state index contributed by atoms with van der Waals surface area (Å²) in [5.74, 6) is 2.22. The highest BCUT2D eigenvalue weighted by molar-refractivity contribution is 7.91. The van der Waals surface area contributed by atoms with Gasteiger partial charge in [-0.25, -0.2) is 18.4 Å². The molecule has 0 N–H and O–H groups in total. The molecule has 0 unspecified atom stereocenters. The number of hydrogen-bond acceptors (Lipinski definition) is 7. The van der Waals surface area contributed by atoms with E-state index in [4.69, 9.17) is 9.47 Å². The van der Waals surface area contributed by atoms with E-state index in [1.807, 2.05) is 18.2 Å². The summed E-state index contributed by atoms with van der Waals surface area (Å²) >= 11 is 0. The average Bonchev–Trinajstić information content (AvgIpc) is 3.32. The lowest BCUT2D eigenvalue weighted by molar-refractivity contribution is 0.170. The van der Waals surface area contributed by atoms with Crippen LogP contribution in [0.25, 0.3) is 11.4 Å². The molecule has 0 bridgehead atoms. The maximum Gasteiger partial charge on any atom is 0.181 e. The molecule has 3 aromatic rings. The van der Waals surface area contributed by atoms with Crippen molar-refractivity contribution in [2.24, 2.45) is 0 Å². The Bertz CT molecular complexity index is 1230. The first kappa shape index (κ1) is 21.9. The van der Waals surface area contributed by atoms with Crippen LogP contribution in [-0.2, 0) is 16.4 Å². The first-order chi connectivity index (χ1) is 16.0. The third-order valence-electron chi connectivity index (χ3n) is 6.28. The fourth-order valence-corrected chi connectivity index (χ4v) is 5.21. The Balaban J connectivity index is 1.29. The van der Waals surface area contributed by atoms with Crippen LogP contribution in [0.15, 0.2) is 59.8 Å². The van der Waals surface area contributed by atoms with Crippen LogP contribution in [0.3, 0.4) is 0 Å². The second kappa shape index (κ2) is 9.11. The number of nitrogens with zero attached hydrogens (tertiary/aromatic N) is 3. The second-order valence-corrected chi connectivity index (χ2v) is 10.7. The van der Waals surface area contributed by atoms with E-state index in [1.165, 1.54) is 23.5 Å². The van der Waals surface area contributed by atoms with Crippen molar-refractivity contribution in [3.05, 3.63) is 66.0 Å². The molecule has 0 aliphatic carbocycles. The van der Waals surface area contributed by atoms with E-state index in [0.29, 0.717) is 25.1 Å². The molecule has 5 rings (SSSR count). The lowest BCUT2D eigenvalue weighted by Crippen LogP contribution is -2.23. The summed E-state index contributed by atoms with van der Waals surface area (Å²) in [4.78, 5) is 11.2. The molecule has 2 aliphatic heterocycles. The molecule has 0 spiro atoms. The Morgan fingerprint density at radius 2 is 1.73 bits per heavy atom. The molecule has 33 heavy (non-hydrogen) atoms. The summed E-state index contributed by atoms with van der Waals surface area (Å²) in [6.07, 6.45) is 5.06. The fraction of sp³-hybridized carbons (Fsp3) is 0.360. The molecule has 2 aliphatic rings. The van der Waals surface area contributed by atoms with Gasteiger partial charge in [0, 0.05) is 30.5 Å². The number of benzene rings is 2. The molecule has 0 amide bonds. The predicted molar refractivity (Wildman–Crippen MR) is 125 cm³/mol. The standard InChI is InChI=1S/C25H27N3O4S/c1-2-33(29,30)21-15-26-25(27-16-21)19-7-5-18(6-8-19)17-28-11-3-4-22(28)20-9-10-23-24(14-20)32-13-12-31-23/h5-10,14-16,22H,2-4,11-13,17H2,1H3/t22-/m1/s1. The zero-order valence-corrected chi connectivity index (χ0v) is 19.4. The topological polar surface area (TPSA) is 81.6 Å². The highest BCUT2D eigenvalue weighted by atomic mass is 32.2. The number of ether oxygens (including phenoxy) is 2. The van der Waals surface area contributed by atoms with Crippen LogP contribution < -0.4 is 9.47 Å². The molecule has 2 aromatic carbocycles. The van der Waals surface area contributed by atoms with Gasteiger partial charge in [-0.2, -0.15) is 0 Å². The van der Waals surface area contributed by atoms with Crippen molar-refractivity contribution in [2.45, 2.75) is 37.2 Å². The van der Waals surface area contributed by atoms with Gasteiger partial charge in [0.1, 0.15) is 18.1 Å². The molecule has 172 valence electrons. The molecule has 0 radical (unpaired) electrons. The summed E-state index contributed by atoms with van der Waals surface area (Å²) in [5, 5.41) is 0. The maximum absolute atomic E-state index is 12.0. The zero-order chi connectivity index (χ0) is 22.8. The first-order valence-electron chi connectivity index (χ1n) is 11.3. The summed E-state index contributed by atoms with van der Waals surface area (Å²) in [7, 11) is -3.30. The van der Waals surface area contributed by atoms with Crippen molar-refractivity contribution < 1.29 is 17.9 Å². The van der Waals surface area contributed by atoms with Crippen molar-refractivity contribution in [3.8, 4) is 22.9 Å². The Morgan fingerprint density at radius 1 is 1.00 bits per heavy atom. The second-order valence-electron chi connectivity index (χ2n) is 8.37. The lowest BCUT2D eigenvalue weighted by atomic mass is 10.0. The fourth-order valence-electron chi connectivity index (χ4n) is 4.45. The monoisotopic (exact) mass is 465 g/mol. The van der Waals surface area contributed by atoms with E-state index in [9.17, 15) is 8.42 Å². The minimum absolute atomic E-state index is 0.0359. The first-order valence-corrected chi connectivity index (χ1v) is 13.0. The quantitative estimate of drug-likeness (QED) is 0.543. The van der Waals surface area contributed by atoms with E-state index in [2.05, 4.69) is 39.1 Å². The highest BCUT2D eigenvalue weighted by Gasteiger charge is 2.27. The van der Waals surface area contributed by atoms with E-state index in [1.54, 1.807) is 6.92 Å². The molecule has 8 heteroatoms. The summed E-state index contributed by atoms with van der Waals surface area (Å²) < 4.78 is 35.4. The summed E-state index contributed by atoms with van der Waals surface area (Å²) in [6.45, 7) is 4.72. The number of sulfone groups is 1. The van der Waals surface area contributed by atoms with Crippen LogP contribution in [0.2, 0.25) is 0 Å². The van der Waals surface area contributed by atoms with Crippen LogP contribution in [0.1, 0.15) is 36.9 Å². The average molecular weight is 466 g/mol. The van der Waals surface area contributed by atoms with Crippen LogP contribution in [0.5, 0.6) is 11.5 Å². The number of aromatic nitrogens is 2. The zero-order valence-electron chi connectivity index (χ0n) is 18.6. The minimum atomic E-state index is -3.30. The molecule has 1 fully saturated rings. The van der Waals surface area contributed by atoms with Crippen LogP contribution >= 0.6 is 0 Å². The van der Waals surface area contributed by atoms with Crippen molar-refractivity contribution in [2.75, 3.05) is 25.5 Å². The molecular formula is C25H27N3O4S. The SMILES string of the molecule is CCS(=O)(=O)c1cnc(-c2ccc(CN3CCC[C@@H]3c3ccc4c(c3)OCCO4)cc2)nc1. The van der Waals surface area contributed by atoms with Gasteiger partial charge in [-0.05, 0) is 42.6 Å². The summed E-state index contributed by atoms with van der Waals surface area (Å²) in [5.41, 5.74) is 3.35. The van der Waals surface area contributed by atoms with Crippen molar-refractivity contribution in [1.29, 1.82) is 0 Å². The molecule has 1 saturated heterocycles. The van der Waals surface area contributed by atoms with Gasteiger partial charge >= 0.3 is 0 Å². The van der Waals surface area contributed by atoms with Gasteiger partial charge in [-0.15, -0.1) is 0 Å². The van der Waals surface area contributed by atoms with Gasteiger partial charge in [0.2, 0.25) is 0 Å². The Hall–Kier alpha value is -2.97. The molecule has 1 atom stereocenters. The van der Waals surface area contributed by atoms with Gasteiger partial charge in [0.05, 0.1) is 5.75 Å². The Morgan fingerprint density at radius 3 is 2.45 bits per heavy atom. The van der Waals surface area contributed by atoms with E-state index >= 15 is 0 Å². The van der Waals surface area contributed by atoms with Crippen molar-refractivity contribution in [1.82, 2.24) is 14.9 Å². The van der Waals surface area contributed by atoms with Crippen LogP contribution in [0, 0.1) is 0 Å². The van der Waals surface area contributed by atoms with Gasteiger partial charge < -0.3 is 9.47 Å². The van der Waals surface area contributed by atoms with E-state index < -0.39 is 9.84 Å². The number of likely N-dealkylation sites (tertiary alicyclic amines) is 1. The maximum atomic E-state index is 12.0. The molecule has 7 nitrogen and oxygen atoms in total. The molecule has 1 aromatic heterocycles. The minimum Gasteiger partial charge on any atom is -0.486 e. The third-order valence-corrected chi connectivity index (χ3v) is 7.97. The van der Waals surface area contributed by atoms with Gasteiger partial charge in [-0.1, -0.05) is 37.3 Å². The number of hydrogen-bond donors (Lipinski definition) is 0. The Kier molecular flexibility index (Phi) is 6.03.